The maximum Gasteiger partial charge on any atom is 0.262 e. The van der Waals surface area contributed by atoms with Crippen LogP contribution >= 0.6 is 12.4 Å². The zero-order valence-corrected chi connectivity index (χ0v) is 14.5. The molecule has 128 valence electrons. The SMILES string of the molecule is CC(C)CC(C)(CN)NC(=O)c1ccc2c(c1)NC(=O)CO2.Cl. The number of hydrogen-bond donors (Lipinski definition) is 3. The Morgan fingerprint density at radius 1 is 1.48 bits per heavy atom. The number of anilines is 1. The van der Waals surface area contributed by atoms with E-state index in [-0.39, 0.29) is 30.8 Å². The van der Waals surface area contributed by atoms with Crippen molar-refractivity contribution in [1.29, 1.82) is 0 Å². The lowest BCUT2D eigenvalue weighted by molar-refractivity contribution is -0.118. The molecule has 0 bridgehead atoms. The molecule has 0 spiro atoms. The second-order valence-electron chi connectivity index (χ2n) is 6.36. The first kappa shape index (κ1) is 19.3. The van der Waals surface area contributed by atoms with Gasteiger partial charge in [-0.1, -0.05) is 13.8 Å². The molecule has 2 rings (SSSR count). The molecule has 7 heteroatoms. The molecule has 1 atom stereocenters. The van der Waals surface area contributed by atoms with E-state index in [1.807, 2.05) is 6.92 Å². The Morgan fingerprint density at radius 2 is 2.17 bits per heavy atom. The summed E-state index contributed by atoms with van der Waals surface area (Å²) in [4.78, 5) is 23.8. The smallest absolute Gasteiger partial charge is 0.262 e. The van der Waals surface area contributed by atoms with Crippen molar-refractivity contribution < 1.29 is 14.3 Å². The molecule has 1 aromatic carbocycles. The van der Waals surface area contributed by atoms with Crippen molar-refractivity contribution in [3.8, 4) is 5.75 Å². The molecule has 1 unspecified atom stereocenters. The van der Waals surface area contributed by atoms with Gasteiger partial charge in [0.15, 0.2) is 6.61 Å². The van der Waals surface area contributed by atoms with Crippen molar-refractivity contribution in [2.75, 3.05) is 18.5 Å². The summed E-state index contributed by atoms with van der Waals surface area (Å²) in [6, 6.07) is 4.98. The predicted molar refractivity (Wildman–Crippen MR) is 92.2 cm³/mol. The van der Waals surface area contributed by atoms with Gasteiger partial charge in [-0.3, -0.25) is 9.59 Å². The van der Waals surface area contributed by atoms with Crippen LogP contribution in [0.25, 0.3) is 0 Å². The molecule has 0 aromatic heterocycles. The zero-order valence-electron chi connectivity index (χ0n) is 13.6. The molecule has 2 amide bonds. The van der Waals surface area contributed by atoms with Gasteiger partial charge < -0.3 is 21.1 Å². The van der Waals surface area contributed by atoms with Crippen LogP contribution < -0.4 is 21.1 Å². The lowest BCUT2D eigenvalue weighted by Gasteiger charge is -2.31. The van der Waals surface area contributed by atoms with Crippen LogP contribution in [0.5, 0.6) is 5.75 Å². The van der Waals surface area contributed by atoms with Crippen LogP contribution in [0, 0.1) is 5.92 Å². The van der Waals surface area contributed by atoms with Crippen molar-refractivity contribution in [2.45, 2.75) is 32.7 Å². The molecule has 4 N–H and O–H groups in total. The van der Waals surface area contributed by atoms with Gasteiger partial charge in [0.1, 0.15) is 5.75 Å². The van der Waals surface area contributed by atoms with E-state index in [1.165, 1.54) is 0 Å². The highest BCUT2D eigenvalue weighted by Crippen LogP contribution is 2.28. The zero-order chi connectivity index (χ0) is 16.3. The Bertz CT molecular complexity index is 592. The highest BCUT2D eigenvalue weighted by Gasteiger charge is 2.27. The van der Waals surface area contributed by atoms with Gasteiger partial charge in [-0.05, 0) is 37.5 Å². The first-order chi connectivity index (χ1) is 10.3. The van der Waals surface area contributed by atoms with Gasteiger partial charge in [0.25, 0.3) is 11.8 Å². The summed E-state index contributed by atoms with van der Waals surface area (Å²) in [5, 5.41) is 5.69. The van der Waals surface area contributed by atoms with Crippen molar-refractivity contribution in [3.05, 3.63) is 23.8 Å². The second kappa shape index (κ2) is 7.66. The van der Waals surface area contributed by atoms with E-state index < -0.39 is 5.54 Å². The summed E-state index contributed by atoms with van der Waals surface area (Å²) in [5.41, 5.74) is 6.34. The number of nitrogens with one attached hydrogen (secondary N) is 2. The first-order valence-corrected chi connectivity index (χ1v) is 7.42. The first-order valence-electron chi connectivity index (χ1n) is 7.42. The van der Waals surface area contributed by atoms with E-state index in [2.05, 4.69) is 24.5 Å². The Morgan fingerprint density at radius 3 is 2.78 bits per heavy atom. The highest BCUT2D eigenvalue weighted by molar-refractivity contribution is 6.00. The van der Waals surface area contributed by atoms with Gasteiger partial charge in [-0.15, -0.1) is 12.4 Å². The maximum absolute atomic E-state index is 12.4. The summed E-state index contributed by atoms with van der Waals surface area (Å²) in [6.07, 6.45) is 0.792. The fourth-order valence-corrected chi connectivity index (χ4v) is 2.66. The molecule has 1 aromatic rings. The summed E-state index contributed by atoms with van der Waals surface area (Å²) in [6.45, 7) is 6.48. The number of ether oxygens (including phenoxy) is 1. The largest absolute Gasteiger partial charge is 0.482 e. The van der Waals surface area contributed by atoms with Gasteiger partial charge in [-0.2, -0.15) is 0 Å². The summed E-state index contributed by atoms with van der Waals surface area (Å²) < 4.78 is 5.28. The molecule has 23 heavy (non-hydrogen) atoms. The van der Waals surface area contributed by atoms with E-state index in [9.17, 15) is 9.59 Å². The quantitative estimate of drug-likeness (QED) is 0.762. The number of amides is 2. The van der Waals surface area contributed by atoms with E-state index in [1.54, 1.807) is 18.2 Å². The highest BCUT2D eigenvalue weighted by atomic mass is 35.5. The van der Waals surface area contributed by atoms with E-state index in [0.29, 0.717) is 29.5 Å². The summed E-state index contributed by atoms with van der Waals surface area (Å²) in [5.74, 6) is 0.554. The number of carbonyl (C=O) groups is 2. The van der Waals surface area contributed by atoms with Crippen molar-refractivity contribution in [1.82, 2.24) is 5.32 Å². The second-order valence-corrected chi connectivity index (χ2v) is 6.36. The third kappa shape index (κ3) is 4.84. The maximum atomic E-state index is 12.4. The number of rotatable bonds is 5. The van der Waals surface area contributed by atoms with Crippen LogP contribution in [-0.4, -0.2) is 30.5 Å². The van der Waals surface area contributed by atoms with Crippen molar-refractivity contribution in [2.24, 2.45) is 11.7 Å². The predicted octanol–water partition coefficient (Wildman–Crippen LogP) is 1.93. The third-order valence-electron chi connectivity index (χ3n) is 3.60. The molecular weight excluding hydrogens is 318 g/mol. The summed E-state index contributed by atoms with van der Waals surface area (Å²) in [7, 11) is 0. The molecule has 1 heterocycles. The number of benzene rings is 1. The van der Waals surface area contributed by atoms with Crippen molar-refractivity contribution in [3.63, 3.8) is 0 Å². The Balaban J connectivity index is 0.00000264. The van der Waals surface area contributed by atoms with E-state index in [4.69, 9.17) is 10.5 Å². The number of hydrogen-bond acceptors (Lipinski definition) is 4. The lowest BCUT2D eigenvalue weighted by Crippen LogP contribution is -2.52. The van der Waals surface area contributed by atoms with Crippen LogP contribution in [0.15, 0.2) is 18.2 Å². The average Bonchev–Trinajstić information content (AvgIpc) is 2.45. The summed E-state index contributed by atoms with van der Waals surface area (Å²) >= 11 is 0. The fraction of sp³-hybridized carbons (Fsp3) is 0.500. The van der Waals surface area contributed by atoms with Gasteiger partial charge in [-0.25, -0.2) is 0 Å². The minimum atomic E-state index is -0.457. The molecule has 1 aliphatic rings. The third-order valence-corrected chi connectivity index (χ3v) is 3.60. The Labute approximate surface area is 142 Å². The molecule has 6 nitrogen and oxygen atoms in total. The molecule has 1 aliphatic heterocycles. The number of carbonyl (C=O) groups excluding carboxylic acids is 2. The van der Waals surface area contributed by atoms with Gasteiger partial charge >= 0.3 is 0 Å². The number of halogens is 1. The van der Waals surface area contributed by atoms with Gasteiger partial charge in [0, 0.05) is 17.6 Å². The minimum absolute atomic E-state index is 0. The molecule has 0 saturated carbocycles. The van der Waals surface area contributed by atoms with E-state index >= 15 is 0 Å². The van der Waals surface area contributed by atoms with Crippen LogP contribution in [0.3, 0.4) is 0 Å². The van der Waals surface area contributed by atoms with Gasteiger partial charge in [0.2, 0.25) is 0 Å². The monoisotopic (exact) mass is 341 g/mol. The molecule has 0 fully saturated rings. The molecule has 0 radical (unpaired) electrons. The molecule has 0 aliphatic carbocycles. The lowest BCUT2D eigenvalue weighted by atomic mass is 9.90. The number of fused-ring (bicyclic) bond motifs is 1. The molecule has 0 saturated heterocycles. The van der Waals surface area contributed by atoms with Crippen LogP contribution in [0.1, 0.15) is 37.6 Å². The fourth-order valence-electron chi connectivity index (χ4n) is 2.66. The number of nitrogens with two attached hydrogens (primary N) is 1. The van der Waals surface area contributed by atoms with Gasteiger partial charge in [0.05, 0.1) is 5.69 Å². The van der Waals surface area contributed by atoms with E-state index in [0.717, 1.165) is 6.42 Å². The Hall–Kier alpha value is -1.79. The average molecular weight is 342 g/mol. The van der Waals surface area contributed by atoms with Crippen LogP contribution in [0.2, 0.25) is 0 Å². The molecular formula is C16H24ClN3O3. The Kier molecular flexibility index (Phi) is 6.41. The van der Waals surface area contributed by atoms with Crippen LogP contribution in [-0.2, 0) is 4.79 Å². The normalized spacial score (nSPS) is 15.6. The topological polar surface area (TPSA) is 93.5 Å². The minimum Gasteiger partial charge on any atom is -0.482 e. The van der Waals surface area contributed by atoms with Crippen molar-refractivity contribution >= 4 is 29.9 Å². The van der Waals surface area contributed by atoms with Crippen LogP contribution in [0.4, 0.5) is 5.69 Å². The standard InChI is InChI=1S/C16H23N3O3.ClH/c1-10(2)7-16(3,9-17)19-15(21)11-4-5-13-12(6-11)18-14(20)8-22-13;/h4-6,10H,7-9,17H2,1-3H3,(H,18,20)(H,19,21);1H.